The maximum atomic E-state index is 12.6. The Kier molecular flexibility index (Phi) is 3.54. The maximum absolute atomic E-state index is 12.6. The van der Waals surface area contributed by atoms with Gasteiger partial charge in [0.15, 0.2) is 0 Å². The first-order chi connectivity index (χ1) is 10.9. The third kappa shape index (κ3) is 2.43. The molecular formula is C16H11ClN2O4. The van der Waals surface area contributed by atoms with Crippen molar-refractivity contribution >= 4 is 28.5 Å². The van der Waals surface area contributed by atoms with Crippen molar-refractivity contribution in [3.8, 4) is 5.69 Å². The van der Waals surface area contributed by atoms with E-state index in [-0.39, 0.29) is 16.5 Å². The van der Waals surface area contributed by atoms with E-state index >= 15 is 0 Å². The molecule has 2 aromatic carbocycles. The van der Waals surface area contributed by atoms with Crippen LogP contribution in [0.3, 0.4) is 0 Å². The molecule has 0 saturated carbocycles. The topological polar surface area (TPSA) is 81.3 Å². The fourth-order valence-electron chi connectivity index (χ4n) is 2.40. The molecule has 0 radical (unpaired) electrons. The molecule has 0 unspecified atom stereocenters. The first-order valence-electron chi connectivity index (χ1n) is 6.65. The molecule has 0 fully saturated rings. The Morgan fingerprint density at radius 1 is 1.09 bits per heavy atom. The summed E-state index contributed by atoms with van der Waals surface area (Å²) in [5.74, 6) is -1.12. The van der Waals surface area contributed by atoms with Crippen molar-refractivity contribution in [2.24, 2.45) is 7.05 Å². The van der Waals surface area contributed by atoms with Crippen molar-refractivity contribution in [3.05, 3.63) is 73.9 Å². The Hall–Kier alpha value is -2.86. The molecule has 1 N–H and O–H groups in total. The van der Waals surface area contributed by atoms with Crippen LogP contribution in [0.15, 0.2) is 52.1 Å². The van der Waals surface area contributed by atoms with E-state index in [1.54, 1.807) is 24.3 Å². The van der Waals surface area contributed by atoms with Crippen molar-refractivity contribution in [2.75, 3.05) is 0 Å². The number of fused-ring (bicyclic) bond motifs is 1. The lowest BCUT2D eigenvalue weighted by Crippen LogP contribution is -2.37. The number of halogens is 1. The first kappa shape index (κ1) is 15.1. The average Bonchev–Trinajstić information content (AvgIpc) is 2.54. The van der Waals surface area contributed by atoms with Crippen molar-refractivity contribution < 1.29 is 9.90 Å². The summed E-state index contributed by atoms with van der Waals surface area (Å²) in [5, 5.41) is 9.80. The van der Waals surface area contributed by atoms with Gasteiger partial charge >= 0.3 is 11.7 Å². The third-order valence-electron chi connectivity index (χ3n) is 3.60. The Morgan fingerprint density at radius 2 is 1.74 bits per heavy atom. The summed E-state index contributed by atoms with van der Waals surface area (Å²) < 4.78 is 2.27. The summed E-state index contributed by atoms with van der Waals surface area (Å²) in [6.45, 7) is 0. The van der Waals surface area contributed by atoms with Crippen LogP contribution >= 0.6 is 11.6 Å². The SMILES string of the molecule is Cn1c(=O)n(-c2ccc(Cl)cc2)c(=O)c2ccc(C(=O)O)cc21. The van der Waals surface area contributed by atoms with E-state index in [1.807, 2.05) is 0 Å². The van der Waals surface area contributed by atoms with Crippen LogP contribution in [0.2, 0.25) is 5.02 Å². The first-order valence-corrected chi connectivity index (χ1v) is 7.03. The minimum absolute atomic E-state index is 0.0103. The number of aromatic carboxylic acids is 1. The van der Waals surface area contributed by atoms with Crippen LogP contribution in [0.25, 0.3) is 16.6 Å². The Balaban J connectivity index is 2.40. The van der Waals surface area contributed by atoms with Crippen molar-refractivity contribution in [1.29, 1.82) is 0 Å². The lowest BCUT2D eigenvalue weighted by atomic mass is 10.1. The third-order valence-corrected chi connectivity index (χ3v) is 3.85. The van der Waals surface area contributed by atoms with Crippen LogP contribution in [0, 0.1) is 0 Å². The minimum Gasteiger partial charge on any atom is -0.478 e. The van der Waals surface area contributed by atoms with Gasteiger partial charge in [-0.05, 0) is 42.5 Å². The lowest BCUT2D eigenvalue weighted by Gasteiger charge is -2.11. The molecule has 1 heterocycles. The number of carboxylic acids is 1. The van der Waals surface area contributed by atoms with E-state index in [2.05, 4.69) is 0 Å². The smallest absolute Gasteiger partial charge is 0.335 e. The Labute approximate surface area is 134 Å². The highest BCUT2D eigenvalue weighted by atomic mass is 35.5. The van der Waals surface area contributed by atoms with Crippen LogP contribution in [0.4, 0.5) is 0 Å². The van der Waals surface area contributed by atoms with Gasteiger partial charge in [0.25, 0.3) is 5.56 Å². The zero-order valence-electron chi connectivity index (χ0n) is 12.0. The highest BCUT2D eigenvalue weighted by molar-refractivity contribution is 6.30. The summed E-state index contributed by atoms with van der Waals surface area (Å²) in [6.07, 6.45) is 0. The summed E-state index contributed by atoms with van der Waals surface area (Å²) in [4.78, 5) is 36.2. The van der Waals surface area contributed by atoms with Crippen LogP contribution in [0.1, 0.15) is 10.4 Å². The van der Waals surface area contributed by atoms with Crippen LogP contribution in [-0.4, -0.2) is 20.2 Å². The van der Waals surface area contributed by atoms with E-state index in [4.69, 9.17) is 16.7 Å². The Morgan fingerprint density at radius 3 is 2.35 bits per heavy atom. The molecule has 0 saturated heterocycles. The monoisotopic (exact) mass is 330 g/mol. The molecule has 0 bridgehead atoms. The molecule has 3 rings (SSSR count). The number of rotatable bonds is 2. The predicted octanol–water partition coefficient (Wildman–Crippen LogP) is 2.04. The quantitative estimate of drug-likeness (QED) is 0.779. The van der Waals surface area contributed by atoms with Gasteiger partial charge in [-0.15, -0.1) is 0 Å². The highest BCUT2D eigenvalue weighted by Crippen LogP contribution is 2.14. The van der Waals surface area contributed by atoms with Crippen molar-refractivity contribution in [3.63, 3.8) is 0 Å². The fourth-order valence-corrected chi connectivity index (χ4v) is 2.53. The van der Waals surface area contributed by atoms with Crippen LogP contribution in [0.5, 0.6) is 0 Å². The normalized spacial score (nSPS) is 10.9. The average molecular weight is 331 g/mol. The number of hydrogen-bond acceptors (Lipinski definition) is 3. The Bertz CT molecular complexity index is 1050. The van der Waals surface area contributed by atoms with E-state index < -0.39 is 17.2 Å². The van der Waals surface area contributed by atoms with E-state index in [0.29, 0.717) is 10.7 Å². The number of carboxylic acid groups (broad SMARTS) is 1. The summed E-state index contributed by atoms with van der Waals surface area (Å²) in [5.41, 5.74) is -0.403. The van der Waals surface area contributed by atoms with Gasteiger partial charge in [-0.3, -0.25) is 9.36 Å². The van der Waals surface area contributed by atoms with Gasteiger partial charge in [0, 0.05) is 12.1 Å². The van der Waals surface area contributed by atoms with Crippen molar-refractivity contribution in [2.45, 2.75) is 0 Å². The number of carbonyl (C=O) groups is 1. The van der Waals surface area contributed by atoms with Gasteiger partial charge < -0.3 is 5.11 Å². The second kappa shape index (κ2) is 5.40. The zero-order chi connectivity index (χ0) is 16.7. The molecule has 116 valence electrons. The molecule has 0 spiro atoms. The lowest BCUT2D eigenvalue weighted by molar-refractivity contribution is 0.0697. The van der Waals surface area contributed by atoms with Gasteiger partial charge in [-0.2, -0.15) is 0 Å². The fraction of sp³-hybridized carbons (Fsp3) is 0.0625. The number of nitrogens with zero attached hydrogens (tertiary/aromatic N) is 2. The largest absolute Gasteiger partial charge is 0.478 e. The molecule has 7 heteroatoms. The molecule has 23 heavy (non-hydrogen) atoms. The maximum Gasteiger partial charge on any atom is 0.335 e. The van der Waals surface area contributed by atoms with Gasteiger partial charge in [0.2, 0.25) is 0 Å². The molecule has 0 amide bonds. The molecule has 0 aliphatic rings. The summed E-state index contributed by atoms with van der Waals surface area (Å²) >= 11 is 5.83. The molecule has 0 aliphatic heterocycles. The molecule has 1 aromatic heterocycles. The second-order valence-electron chi connectivity index (χ2n) is 5.00. The van der Waals surface area contributed by atoms with E-state index in [9.17, 15) is 14.4 Å². The van der Waals surface area contributed by atoms with Crippen LogP contribution in [-0.2, 0) is 7.05 Å². The zero-order valence-corrected chi connectivity index (χ0v) is 12.7. The number of aromatic nitrogens is 2. The highest BCUT2D eigenvalue weighted by Gasteiger charge is 2.14. The van der Waals surface area contributed by atoms with Gasteiger partial charge in [0.1, 0.15) is 0 Å². The minimum atomic E-state index is -1.12. The number of benzene rings is 2. The van der Waals surface area contributed by atoms with Gasteiger partial charge in [0.05, 0.1) is 22.2 Å². The number of hydrogen-bond donors (Lipinski definition) is 1. The van der Waals surface area contributed by atoms with Gasteiger partial charge in [-0.1, -0.05) is 11.6 Å². The second-order valence-corrected chi connectivity index (χ2v) is 5.43. The van der Waals surface area contributed by atoms with Gasteiger partial charge in [-0.25, -0.2) is 14.2 Å². The van der Waals surface area contributed by atoms with E-state index in [1.165, 1.54) is 29.8 Å². The number of aryl methyl sites for hydroxylation is 1. The van der Waals surface area contributed by atoms with Crippen LogP contribution < -0.4 is 11.2 Å². The molecule has 0 aliphatic carbocycles. The molecule has 6 nitrogen and oxygen atoms in total. The predicted molar refractivity (Wildman–Crippen MR) is 86.8 cm³/mol. The summed E-state index contributed by atoms with van der Waals surface area (Å²) in [7, 11) is 1.49. The van der Waals surface area contributed by atoms with Crippen molar-refractivity contribution in [1.82, 2.24) is 9.13 Å². The summed E-state index contributed by atoms with van der Waals surface area (Å²) in [6, 6.07) is 10.4. The standard InChI is InChI=1S/C16H11ClN2O4/c1-18-13-8-9(15(21)22)2-7-12(13)14(20)19(16(18)23)11-5-3-10(17)4-6-11/h2-8H,1H3,(H,21,22). The van der Waals surface area contributed by atoms with E-state index in [0.717, 1.165) is 4.57 Å². The molecule has 3 aromatic rings. The molecule has 0 atom stereocenters. The molecular weight excluding hydrogens is 320 g/mol.